The first kappa shape index (κ1) is 13.3. The largest absolute Gasteiger partial charge is 0.508 e. The fourth-order valence-electron chi connectivity index (χ4n) is 2.62. The van der Waals surface area contributed by atoms with Gasteiger partial charge in [0.2, 0.25) is 0 Å². The van der Waals surface area contributed by atoms with Crippen molar-refractivity contribution >= 4 is 0 Å². The van der Waals surface area contributed by atoms with Crippen LogP contribution in [0.2, 0.25) is 0 Å². The summed E-state index contributed by atoms with van der Waals surface area (Å²) >= 11 is 0. The van der Waals surface area contributed by atoms with E-state index in [1.165, 1.54) is 6.07 Å². The maximum absolute atomic E-state index is 13.7. The van der Waals surface area contributed by atoms with E-state index in [2.05, 4.69) is 5.32 Å². The molecule has 1 aromatic rings. The van der Waals surface area contributed by atoms with E-state index < -0.39 is 0 Å². The Labute approximate surface area is 107 Å². The molecule has 0 saturated heterocycles. The molecule has 1 saturated carbocycles. The standard InChI is InChI=1S/C14H20FNO2/c1-9(13-6-4-11(17)8-14(13)15)16-10-3-5-12(7-10)18-2/h4,6,8-10,12,16-17H,3,5,7H2,1-2H3. The Morgan fingerprint density at radius 3 is 2.83 bits per heavy atom. The molecule has 0 aliphatic heterocycles. The molecule has 1 fully saturated rings. The van der Waals surface area contributed by atoms with Crippen LogP contribution in [0.3, 0.4) is 0 Å². The molecule has 18 heavy (non-hydrogen) atoms. The minimum atomic E-state index is -0.365. The van der Waals surface area contributed by atoms with Gasteiger partial charge in [-0.3, -0.25) is 0 Å². The Hall–Kier alpha value is -1.13. The van der Waals surface area contributed by atoms with Crippen LogP contribution in [0.25, 0.3) is 0 Å². The summed E-state index contributed by atoms with van der Waals surface area (Å²) in [5.74, 6) is -0.403. The Balaban J connectivity index is 1.97. The summed E-state index contributed by atoms with van der Waals surface area (Å²) < 4.78 is 19.0. The maximum Gasteiger partial charge on any atom is 0.131 e. The van der Waals surface area contributed by atoms with Crippen LogP contribution in [0.15, 0.2) is 18.2 Å². The molecule has 2 rings (SSSR count). The molecule has 0 amide bonds. The average Bonchev–Trinajstić information content (AvgIpc) is 2.76. The predicted molar refractivity (Wildman–Crippen MR) is 68.1 cm³/mol. The van der Waals surface area contributed by atoms with Gasteiger partial charge in [0.25, 0.3) is 0 Å². The highest BCUT2D eigenvalue weighted by Crippen LogP contribution is 2.26. The third-order valence-corrected chi connectivity index (χ3v) is 3.65. The first-order chi connectivity index (χ1) is 8.60. The highest BCUT2D eigenvalue weighted by molar-refractivity contribution is 5.29. The molecule has 0 aromatic heterocycles. The SMILES string of the molecule is COC1CCC(NC(C)c2ccc(O)cc2F)C1. The van der Waals surface area contributed by atoms with Crippen LogP contribution in [0, 0.1) is 5.82 Å². The monoisotopic (exact) mass is 253 g/mol. The number of phenols is 1. The predicted octanol–water partition coefficient (Wildman–Crippen LogP) is 2.75. The van der Waals surface area contributed by atoms with Crippen molar-refractivity contribution < 1.29 is 14.2 Å². The Morgan fingerprint density at radius 2 is 2.22 bits per heavy atom. The zero-order chi connectivity index (χ0) is 13.1. The number of nitrogens with one attached hydrogen (secondary N) is 1. The molecule has 3 atom stereocenters. The van der Waals surface area contributed by atoms with E-state index in [9.17, 15) is 9.50 Å². The van der Waals surface area contributed by atoms with Crippen LogP contribution in [-0.2, 0) is 4.74 Å². The topological polar surface area (TPSA) is 41.5 Å². The lowest BCUT2D eigenvalue weighted by atomic mass is 10.1. The fraction of sp³-hybridized carbons (Fsp3) is 0.571. The van der Waals surface area contributed by atoms with Gasteiger partial charge in [-0.1, -0.05) is 6.07 Å². The van der Waals surface area contributed by atoms with E-state index >= 15 is 0 Å². The van der Waals surface area contributed by atoms with Crippen LogP contribution in [0.5, 0.6) is 5.75 Å². The smallest absolute Gasteiger partial charge is 0.131 e. The second-order valence-corrected chi connectivity index (χ2v) is 4.96. The number of aromatic hydroxyl groups is 1. The van der Waals surface area contributed by atoms with Gasteiger partial charge in [0.15, 0.2) is 0 Å². The lowest BCUT2D eigenvalue weighted by molar-refractivity contribution is 0.106. The second-order valence-electron chi connectivity index (χ2n) is 4.96. The minimum Gasteiger partial charge on any atom is -0.508 e. The Kier molecular flexibility index (Phi) is 4.19. The van der Waals surface area contributed by atoms with E-state index in [4.69, 9.17) is 4.74 Å². The number of benzene rings is 1. The number of phenolic OH excluding ortho intramolecular Hbond substituents is 1. The van der Waals surface area contributed by atoms with Gasteiger partial charge in [-0.15, -0.1) is 0 Å². The molecule has 1 aliphatic rings. The summed E-state index contributed by atoms with van der Waals surface area (Å²) in [4.78, 5) is 0. The highest BCUT2D eigenvalue weighted by atomic mass is 19.1. The Morgan fingerprint density at radius 1 is 1.44 bits per heavy atom. The third-order valence-electron chi connectivity index (χ3n) is 3.65. The molecule has 3 nitrogen and oxygen atoms in total. The van der Waals surface area contributed by atoms with Gasteiger partial charge in [-0.25, -0.2) is 4.39 Å². The lowest BCUT2D eigenvalue weighted by Crippen LogP contribution is -2.30. The summed E-state index contributed by atoms with van der Waals surface area (Å²) in [6.07, 6.45) is 3.40. The van der Waals surface area contributed by atoms with Crippen molar-refractivity contribution in [2.75, 3.05) is 7.11 Å². The maximum atomic E-state index is 13.7. The number of hydrogen-bond acceptors (Lipinski definition) is 3. The second kappa shape index (κ2) is 5.67. The van der Waals surface area contributed by atoms with Crippen LogP contribution in [-0.4, -0.2) is 24.4 Å². The van der Waals surface area contributed by atoms with Crippen molar-refractivity contribution in [3.05, 3.63) is 29.6 Å². The molecule has 2 N–H and O–H groups in total. The Bertz CT molecular complexity index is 411. The fourth-order valence-corrected chi connectivity index (χ4v) is 2.62. The van der Waals surface area contributed by atoms with Crippen LogP contribution < -0.4 is 5.32 Å². The first-order valence-electron chi connectivity index (χ1n) is 6.37. The number of methoxy groups -OCH3 is 1. The van der Waals surface area contributed by atoms with Gasteiger partial charge in [-0.2, -0.15) is 0 Å². The highest BCUT2D eigenvalue weighted by Gasteiger charge is 2.26. The normalized spacial score (nSPS) is 25.3. The van der Waals surface area contributed by atoms with Gasteiger partial charge >= 0.3 is 0 Å². The van der Waals surface area contributed by atoms with E-state index in [1.54, 1.807) is 13.2 Å². The molecule has 0 spiro atoms. The van der Waals surface area contributed by atoms with Crippen molar-refractivity contribution in [2.24, 2.45) is 0 Å². The van der Waals surface area contributed by atoms with Crippen molar-refractivity contribution in [3.8, 4) is 5.75 Å². The van der Waals surface area contributed by atoms with E-state index in [1.807, 2.05) is 6.92 Å². The third kappa shape index (κ3) is 3.00. The van der Waals surface area contributed by atoms with Gasteiger partial charge in [0.1, 0.15) is 11.6 Å². The summed E-state index contributed by atoms with van der Waals surface area (Å²) in [5, 5.41) is 12.6. The number of hydrogen-bond donors (Lipinski definition) is 2. The van der Waals surface area contributed by atoms with Crippen LogP contribution >= 0.6 is 0 Å². The van der Waals surface area contributed by atoms with Gasteiger partial charge in [-0.05, 0) is 32.3 Å². The van der Waals surface area contributed by atoms with Gasteiger partial charge in [0.05, 0.1) is 6.10 Å². The van der Waals surface area contributed by atoms with Crippen LogP contribution in [0.4, 0.5) is 4.39 Å². The number of ether oxygens (including phenoxy) is 1. The summed E-state index contributed by atoms with van der Waals surface area (Å²) in [5.41, 5.74) is 0.591. The molecule has 0 radical (unpaired) electrons. The summed E-state index contributed by atoms with van der Waals surface area (Å²) in [7, 11) is 1.73. The molecule has 0 bridgehead atoms. The zero-order valence-electron chi connectivity index (χ0n) is 10.8. The quantitative estimate of drug-likeness (QED) is 0.867. The zero-order valence-corrected chi connectivity index (χ0v) is 10.8. The van der Waals surface area contributed by atoms with Gasteiger partial charge in [0, 0.05) is 30.8 Å². The summed E-state index contributed by atoms with van der Waals surface area (Å²) in [6.45, 7) is 1.94. The molecule has 4 heteroatoms. The molecular weight excluding hydrogens is 233 g/mol. The van der Waals surface area contributed by atoms with Crippen molar-refractivity contribution in [3.63, 3.8) is 0 Å². The average molecular weight is 253 g/mol. The van der Waals surface area contributed by atoms with E-state index in [0.29, 0.717) is 17.7 Å². The minimum absolute atomic E-state index is 0.0382. The van der Waals surface area contributed by atoms with Crippen LogP contribution in [0.1, 0.15) is 37.8 Å². The number of halogens is 1. The van der Waals surface area contributed by atoms with E-state index in [-0.39, 0.29) is 17.6 Å². The molecule has 1 aliphatic carbocycles. The molecule has 0 heterocycles. The lowest BCUT2D eigenvalue weighted by Gasteiger charge is -2.20. The molecule has 3 unspecified atom stereocenters. The van der Waals surface area contributed by atoms with Gasteiger partial charge < -0.3 is 15.2 Å². The number of rotatable bonds is 4. The molecule has 1 aromatic carbocycles. The van der Waals surface area contributed by atoms with Crippen molar-refractivity contribution in [1.29, 1.82) is 0 Å². The molecular formula is C14H20FNO2. The van der Waals surface area contributed by atoms with Crippen molar-refractivity contribution in [2.45, 2.75) is 44.4 Å². The van der Waals surface area contributed by atoms with Crippen molar-refractivity contribution in [1.82, 2.24) is 5.32 Å². The molecule has 100 valence electrons. The van der Waals surface area contributed by atoms with E-state index in [0.717, 1.165) is 25.3 Å². The summed E-state index contributed by atoms with van der Waals surface area (Å²) in [6, 6.07) is 4.61. The first-order valence-corrected chi connectivity index (χ1v) is 6.37.